The highest BCUT2D eigenvalue weighted by Gasteiger charge is 2.18. The van der Waals surface area contributed by atoms with Gasteiger partial charge in [0.1, 0.15) is 5.75 Å². The Bertz CT molecular complexity index is 763. The summed E-state index contributed by atoms with van der Waals surface area (Å²) in [5.74, 6) is 0.660. The van der Waals surface area contributed by atoms with Crippen LogP contribution in [0.3, 0.4) is 0 Å². The zero-order valence-electron chi connectivity index (χ0n) is 17.0. The molecule has 0 unspecified atom stereocenters. The van der Waals surface area contributed by atoms with Crippen molar-refractivity contribution in [2.24, 2.45) is 0 Å². The highest BCUT2D eigenvalue weighted by molar-refractivity contribution is 5.81. The van der Waals surface area contributed by atoms with E-state index in [4.69, 9.17) is 9.47 Å². The van der Waals surface area contributed by atoms with Crippen molar-refractivity contribution in [1.29, 1.82) is 0 Å². The van der Waals surface area contributed by atoms with Crippen molar-refractivity contribution in [1.82, 2.24) is 5.32 Å². The van der Waals surface area contributed by atoms with Crippen molar-refractivity contribution >= 4 is 11.6 Å². The third kappa shape index (κ3) is 5.49. The number of carbonyl (C=O) groups is 1. The van der Waals surface area contributed by atoms with Gasteiger partial charge in [-0.1, -0.05) is 25.1 Å². The van der Waals surface area contributed by atoms with Gasteiger partial charge >= 0.3 is 0 Å². The van der Waals surface area contributed by atoms with Crippen LogP contribution in [0.15, 0.2) is 42.5 Å². The number of nitrogens with one attached hydrogen (secondary N) is 1. The first kappa shape index (κ1) is 20.2. The SMILES string of the molecule is CC[C@H](Oc1cc(C)cc(C)c1)C(=O)NCc1ccc(N2CCOCC2)cc1. The number of aryl methyl sites for hydroxylation is 2. The Hall–Kier alpha value is -2.53. The summed E-state index contributed by atoms with van der Waals surface area (Å²) in [7, 11) is 0. The van der Waals surface area contributed by atoms with Gasteiger partial charge in [0, 0.05) is 25.3 Å². The number of hydrogen-bond donors (Lipinski definition) is 1. The van der Waals surface area contributed by atoms with Gasteiger partial charge in [-0.2, -0.15) is 0 Å². The Morgan fingerprint density at radius 1 is 1.11 bits per heavy atom. The summed E-state index contributed by atoms with van der Waals surface area (Å²) in [6.07, 6.45) is 0.128. The number of hydrogen-bond acceptors (Lipinski definition) is 4. The van der Waals surface area contributed by atoms with E-state index in [9.17, 15) is 4.79 Å². The van der Waals surface area contributed by atoms with Gasteiger partial charge in [0.25, 0.3) is 5.91 Å². The molecule has 1 fully saturated rings. The molecule has 0 spiro atoms. The van der Waals surface area contributed by atoms with Gasteiger partial charge in [0.2, 0.25) is 0 Å². The van der Waals surface area contributed by atoms with Crippen molar-refractivity contribution in [2.45, 2.75) is 39.8 Å². The van der Waals surface area contributed by atoms with Crippen molar-refractivity contribution in [3.05, 3.63) is 59.2 Å². The van der Waals surface area contributed by atoms with Crippen molar-refractivity contribution in [3.63, 3.8) is 0 Å². The van der Waals surface area contributed by atoms with Crippen LogP contribution in [0.5, 0.6) is 5.75 Å². The fourth-order valence-corrected chi connectivity index (χ4v) is 3.44. The molecule has 0 aliphatic carbocycles. The molecule has 0 radical (unpaired) electrons. The van der Waals surface area contributed by atoms with Crippen LogP contribution in [0.2, 0.25) is 0 Å². The predicted octanol–water partition coefficient (Wildman–Crippen LogP) is 3.61. The molecule has 1 saturated heterocycles. The predicted molar refractivity (Wildman–Crippen MR) is 112 cm³/mol. The molecule has 150 valence electrons. The van der Waals surface area contributed by atoms with Crippen LogP contribution in [0, 0.1) is 13.8 Å². The van der Waals surface area contributed by atoms with Crippen LogP contribution in [0.4, 0.5) is 5.69 Å². The van der Waals surface area contributed by atoms with Crippen LogP contribution in [-0.2, 0) is 16.1 Å². The summed E-state index contributed by atoms with van der Waals surface area (Å²) < 4.78 is 11.3. The zero-order valence-corrected chi connectivity index (χ0v) is 17.0. The Balaban J connectivity index is 1.54. The quantitative estimate of drug-likeness (QED) is 0.795. The molecule has 2 aromatic rings. The number of benzene rings is 2. The van der Waals surface area contributed by atoms with E-state index < -0.39 is 6.10 Å². The number of ether oxygens (including phenoxy) is 2. The molecule has 28 heavy (non-hydrogen) atoms. The molecule has 1 amide bonds. The number of rotatable bonds is 7. The van der Waals surface area contributed by atoms with Gasteiger partial charge in [0.05, 0.1) is 13.2 Å². The number of morpholine rings is 1. The molecule has 0 bridgehead atoms. The maximum Gasteiger partial charge on any atom is 0.261 e. The van der Waals surface area contributed by atoms with Crippen LogP contribution in [-0.4, -0.2) is 38.3 Å². The fourth-order valence-electron chi connectivity index (χ4n) is 3.44. The normalized spacial score (nSPS) is 15.2. The second-order valence-corrected chi connectivity index (χ2v) is 7.32. The topological polar surface area (TPSA) is 50.8 Å². The van der Waals surface area contributed by atoms with Crippen molar-refractivity contribution in [3.8, 4) is 5.75 Å². The summed E-state index contributed by atoms with van der Waals surface area (Å²) >= 11 is 0. The van der Waals surface area contributed by atoms with Gasteiger partial charge in [-0.3, -0.25) is 4.79 Å². The van der Waals surface area contributed by atoms with Gasteiger partial charge in [-0.25, -0.2) is 0 Å². The molecule has 5 heteroatoms. The van der Waals surface area contributed by atoms with E-state index >= 15 is 0 Å². The van der Waals surface area contributed by atoms with Crippen LogP contribution in [0.25, 0.3) is 0 Å². The Labute approximate surface area is 167 Å². The minimum Gasteiger partial charge on any atom is -0.481 e. The first-order valence-corrected chi connectivity index (χ1v) is 9.99. The lowest BCUT2D eigenvalue weighted by Gasteiger charge is -2.29. The largest absolute Gasteiger partial charge is 0.481 e. The molecule has 5 nitrogen and oxygen atoms in total. The van der Waals surface area contributed by atoms with Gasteiger partial charge < -0.3 is 19.7 Å². The molecule has 0 aromatic heterocycles. The van der Waals surface area contributed by atoms with Crippen LogP contribution >= 0.6 is 0 Å². The molecular formula is C23H30N2O3. The minimum absolute atomic E-state index is 0.0843. The molecule has 1 aliphatic rings. The number of amides is 1. The maximum absolute atomic E-state index is 12.6. The van der Waals surface area contributed by atoms with Crippen molar-refractivity contribution in [2.75, 3.05) is 31.2 Å². The minimum atomic E-state index is -0.492. The van der Waals surface area contributed by atoms with E-state index in [0.717, 1.165) is 48.7 Å². The summed E-state index contributed by atoms with van der Waals surface area (Å²) in [6, 6.07) is 14.4. The van der Waals surface area contributed by atoms with Crippen molar-refractivity contribution < 1.29 is 14.3 Å². The smallest absolute Gasteiger partial charge is 0.261 e. The highest BCUT2D eigenvalue weighted by atomic mass is 16.5. The summed E-state index contributed by atoms with van der Waals surface area (Å²) in [5, 5.41) is 3.00. The number of carbonyl (C=O) groups excluding carboxylic acids is 1. The standard InChI is InChI=1S/C23H30N2O3/c1-4-22(28-21-14-17(2)13-18(3)15-21)23(26)24-16-19-5-7-20(8-6-19)25-9-11-27-12-10-25/h5-8,13-15,22H,4,9-12,16H2,1-3H3,(H,24,26)/t22-/m0/s1. The third-order valence-electron chi connectivity index (χ3n) is 4.92. The molecular weight excluding hydrogens is 352 g/mol. The Kier molecular flexibility index (Phi) is 6.93. The Morgan fingerprint density at radius 2 is 1.75 bits per heavy atom. The lowest BCUT2D eigenvalue weighted by molar-refractivity contribution is -0.128. The second kappa shape index (κ2) is 9.60. The third-order valence-corrected chi connectivity index (χ3v) is 4.92. The van der Waals surface area contributed by atoms with E-state index in [1.54, 1.807) is 0 Å². The molecule has 3 rings (SSSR count). The van der Waals surface area contributed by atoms with Crippen LogP contribution < -0.4 is 15.0 Å². The average molecular weight is 383 g/mol. The number of nitrogens with zero attached hydrogens (tertiary/aromatic N) is 1. The first-order chi connectivity index (χ1) is 13.5. The highest BCUT2D eigenvalue weighted by Crippen LogP contribution is 2.19. The van der Waals surface area contributed by atoms with Crippen LogP contribution in [0.1, 0.15) is 30.0 Å². The van der Waals surface area contributed by atoms with E-state index in [1.165, 1.54) is 5.69 Å². The summed E-state index contributed by atoms with van der Waals surface area (Å²) in [6.45, 7) is 9.91. The van der Waals surface area contributed by atoms with Gasteiger partial charge in [-0.05, 0) is 61.2 Å². The molecule has 1 N–H and O–H groups in total. The molecule has 2 aromatic carbocycles. The Morgan fingerprint density at radius 3 is 2.36 bits per heavy atom. The van der Waals surface area contributed by atoms with E-state index in [0.29, 0.717) is 13.0 Å². The molecule has 1 aliphatic heterocycles. The first-order valence-electron chi connectivity index (χ1n) is 9.99. The monoisotopic (exact) mass is 382 g/mol. The van der Waals surface area contributed by atoms with Gasteiger partial charge in [0.15, 0.2) is 6.10 Å². The zero-order chi connectivity index (χ0) is 19.9. The number of anilines is 1. The summed E-state index contributed by atoms with van der Waals surface area (Å²) in [5.41, 5.74) is 4.53. The maximum atomic E-state index is 12.6. The summed E-state index contributed by atoms with van der Waals surface area (Å²) in [4.78, 5) is 14.9. The fraction of sp³-hybridized carbons (Fsp3) is 0.435. The molecule has 0 saturated carbocycles. The molecule has 1 heterocycles. The van der Waals surface area contributed by atoms with Gasteiger partial charge in [-0.15, -0.1) is 0 Å². The average Bonchev–Trinajstić information content (AvgIpc) is 2.70. The lowest BCUT2D eigenvalue weighted by atomic mass is 10.1. The second-order valence-electron chi connectivity index (χ2n) is 7.32. The lowest BCUT2D eigenvalue weighted by Crippen LogP contribution is -2.37. The van der Waals surface area contributed by atoms with E-state index in [1.807, 2.05) is 32.9 Å². The van der Waals surface area contributed by atoms with E-state index in [-0.39, 0.29) is 5.91 Å². The molecule has 1 atom stereocenters. The van der Waals surface area contributed by atoms with E-state index in [2.05, 4.69) is 40.5 Å².